The summed E-state index contributed by atoms with van der Waals surface area (Å²) >= 11 is 0. The van der Waals surface area contributed by atoms with Crippen LogP contribution >= 0.6 is 0 Å². The number of cyclic esters (lactones) is 1. The second kappa shape index (κ2) is 9.31. The Morgan fingerprint density at radius 3 is 2.22 bits per heavy atom. The first-order valence-electron chi connectivity index (χ1n) is 11.1. The Kier molecular flexibility index (Phi) is 6.31. The minimum Gasteiger partial charge on any atom is -0.510 e. The van der Waals surface area contributed by atoms with Gasteiger partial charge >= 0.3 is 5.97 Å². The fourth-order valence-electron chi connectivity index (χ4n) is 4.29. The van der Waals surface area contributed by atoms with Gasteiger partial charge in [-0.2, -0.15) is 0 Å². The maximum atomic E-state index is 13.2. The predicted molar refractivity (Wildman–Crippen MR) is 127 cm³/mol. The normalized spacial score (nSPS) is 18.5. The molecule has 1 heterocycles. The van der Waals surface area contributed by atoms with Gasteiger partial charge in [-0.1, -0.05) is 92.7 Å². The predicted octanol–water partition coefficient (Wildman–Crippen LogP) is 6.47. The zero-order valence-electron chi connectivity index (χ0n) is 18.5. The van der Waals surface area contributed by atoms with Crippen LogP contribution in [0.5, 0.6) is 0 Å². The molecule has 0 aromatic heterocycles. The zero-order chi connectivity index (χ0) is 22.6. The molecular weight excluding hydrogens is 398 g/mol. The monoisotopic (exact) mass is 427 g/mol. The quantitative estimate of drug-likeness (QED) is 0.425. The number of para-hydroxylation sites is 1. The van der Waals surface area contributed by atoms with Crippen molar-refractivity contribution in [3.05, 3.63) is 113 Å². The number of carbonyl (C=O) groups is 1. The summed E-state index contributed by atoms with van der Waals surface area (Å²) in [5.41, 5.74) is 3.13. The molecule has 1 aliphatic heterocycles. The van der Waals surface area contributed by atoms with Gasteiger partial charge in [0.25, 0.3) is 0 Å². The van der Waals surface area contributed by atoms with Gasteiger partial charge in [-0.3, -0.25) is 0 Å². The van der Waals surface area contributed by atoms with Crippen molar-refractivity contribution < 1.29 is 14.6 Å². The molecule has 0 fully saturated rings. The topological polar surface area (TPSA) is 58.6 Å². The summed E-state index contributed by atoms with van der Waals surface area (Å²) in [6, 6.07) is 27.6. The number of aryl methyl sites for hydroxylation is 1. The van der Waals surface area contributed by atoms with Crippen molar-refractivity contribution in [3.8, 4) is 0 Å². The summed E-state index contributed by atoms with van der Waals surface area (Å²) < 4.78 is 6.12. The molecule has 1 aliphatic rings. The number of esters is 1. The molecule has 0 amide bonds. The van der Waals surface area contributed by atoms with Crippen LogP contribution in [0.4, 0.5) is 5.69 Å². The number of benzene rings is 3. The largest absolute Gasteiger partial charge is 0.510 e. The number of anilines is 1. The smallest absolute Gasteiger partial charge is 0.359 e. The van der Waals surface area contributed by atoms with Crippen molar-refractivity contribution in [1.82, 2.24) is 0 Å². The van der Waals surface area contributed by atoms with E-state index in [0.717, 1.165) is 28.8 Å². The molecule has 1 atom stereocenters. The summed E-state index contributed by atoms with van der Waals surface area (Å²) in [6.45, 7) is 4.19. The van der Waals surface area contributed by atoms with Crippen LogP contribution < -0.4 is 5.32 Å². The Balaban J connectivity index is 1.66. The number of aliphatic hydroxyl groups excluding tert-OH is 1. The summed E-state index contributed by atoms with van der Waals surface area (Å²) in [4.78, 5) is 13.2. The summed E-state index contributed by atoms with van der Waals surface area (Å²) in [5.74, 6) is -0.240. The first-order chi connectivity index (χ1) is 15.5. The molecule has 0 aliphatic carbocycles. The standard InChI is InChI=1S/C28H29NO3/c1-20(2)23-15-9-10-16-24(23)29-26-25(30)19-28(32-27(26)31,22-13-7-4-8-14-22)18-17-21-11-5-3-6-12-21/h3-16,20,29-30H,17-19H2,1-2H3. The van der Waals surface area contributed by atoms with E-state index in [-0.39, 0.29) is 23.8 Å². The van der Waals surface area contributed by atoms with Crippen molar-refractivity contribution >= 4 is 11.7 Å². The lowest BCUT2D eigenvalue weighted by Gasteiger charge is -2.38. The van der Waals surface area contributed by atoms with E-state index < -0.39 is 11.6 Å². The van der Waals surface area contributed by atoms with Crippen LogP contribution in [0.15, 0.2) is 96.4 Å². The van der Waals surface area contributed by atoms with E-state index in [4.69, 9.17) is 4.74 Å². The van der Waals surface area contributed by atoms with Crippen LogP contribution in [0.25, 0.3) is 0 Å². The van der Waals surface area contributed by atoms with Crippen molar-refractivity contribution in [1.29, 1.82) is 0 Å². The maximum absolute atomic E-state index is 13.2. The highest BCUT2D eigenvalue weighted by Gasteiger charge is 2.43. The van der Waals surface area contributed by atoms with E-state index in [1.807, 2.05) is 72.8 Å². The van der Waals surface area contributed by atoms with Crippen molar-refractivity contribution in [2.45, 2.75) is 44.6 Å². The second-order valence-electron chi connectivity index (χ2n) is 8.60. The van der Waals surface area contributed by atoms with Crippen molar-refractivity contribution in [2.75, 3.05) is 5.32 Å². The van der Waals surface area contributed by atoms with E-state index in [0.29, 0.717) is 6.42 Å². The van der Waals surface area contributed by atoms with E-state index in [2.05, 4.69) is 31.3 Å². The molecule has 0 saturated heterocycles. The molecule has 164 valence electrons. The number of rotatable bonds is 7. The van der Waals surface area contributed by atoms with Crippen LogP contribution in [-0.2, 0) is 21.6 Å². The third kappa shape index (κ3) is 4.54. The number of ether oxygens (including phenoxy) is 1. The fraction of sp³-hybridized carbons (Fsp3) is 0.250. The molecule has 4 nitrogen and oxygen atoms in total. The second-order valence-corrected chi connectivity index (χ2v) is 8.60. The Morgan fingerprint density at radius 2 is 1.56 bits per heavy atom. The third-order valence-electron chi connectivity index (χ3n) is 6.04. The Labute approximate surface area is 189 Å². The first-order valence-corrected chi connectivity index (χ1v) is 11.1. The van der Waals surface area contributed by atoms with Gasteiger partial charge in [-0.25, -0.2) is 4.79 Å². The molecule has 4 rings (SSSR count). The molecule has 0 bridgehead atoms. The first kappa shape index (κ1) is 21.7. The molecule has 32 heavy (non-hydrogen) atoms. The average molecular weight is 428 g/mol. The van der Waals surface area contributed by atoms with Crippen LogP contribution in [0.2, 0.25) is 0 Å². The molecule has 0 saturated carbocycles. The van der Waals surface area contributed by atoms with E-state index >= 15 is 0 Å². The molecule has 3 aromatic rings. The summed E-state index contributed by atoms with van der Waals surface area (Å²) in [5, 5.41) is 14.2. The molecule has 0 spiro atoms. The highest BCUT2D eigenvalue weighted by Crippen LogP contribution is 2.41. The maximum Gasteiger partial charge on any atom is 0.359 e. The average Bonchev–Trinajstić information content (AvgIpc) is 2.81. The molecule has 4 heteroatoms. The summed E-state index contributed by atoms with van der Waals surface area (Å²) in [7, 11) is 0. The van der Waals surface area contributed by atoms with Gasteiger partial charge in [0, 0.05) is 5.69 Å². The van der Waals surface area contributed by atoms with Crippen LogP contribution in [0, 0.1) is 0 Å². The lowest BCUT2D eigenvalue weighted by atomic mass is 9.82. The van der Waals surface area contributed by atoms with Gasteiger partial charge in [-0.15, -0.1) is 0 Å². The van der Waals surface area contributed by atoms with Crippen molar-refractivity contribution in [2.24, 2.45) is 0 Å². The Morgan fingerprint density at radius 1 is 0.938 bits per heavy atom. The highest BCUT2D eigenvalue weighted by molar-refractivity contribution is 5.94. The van der Waals surface area contributed by atoms with Gasteiger partial charge in [0.1, 0.15) is 11.4 Å². The third-order valence-corrected chi connectivity index (χ3v) is 6.04. The van der Waals surface area contributed by atoms with E-state index in [1.54, 1.807) is 0 Å². The van der Waals surface area contributed by atoms with Crippen LogP contribution in [0.1, 0.15) is 49.3 Å². The van der Waals surface area contributed by atoms with Crippen LogP contribution in [0.3, 0.4) is 0 Å². The number of hydrogen-bond acceptors (Lipinski definition) is 4. The molecule has 2 N–H and O–H groups in total. The van der Waals surface area contributed by atoms with E-state index in [9.17, 15) is 9.90 Å². The van der Waals surface area contributed by atoms with Crippen LogP contribution in [-0.4, -0.2) is 11.1 Å². The van der Waals surface area contributed by atoms with Crippen molar-refractivity contribution in [3.63, 3.8) is 0 Å². The Bertz CT molecular complexity index is 1110. The highest BCUT2D eigenvalue weighted by atomic mass is 16.6. The van der Waals surface area contributed by atoms with Gasteiger partial charge in [0.05, 0.1) is 6.42 Å². The molecule has 1 unspecified atom stereocenters. The molecular formula is C28H29NO3. The number of carbonyl (C=O) groups excluding carboxylic acids is 1. The zero-order valence-corrected chi connectivity index (χ0v) is 18.5. The number of aliphatic hydroxyl groups is 1. The minimum absolute atomic E-state index is 0.0247. The van der Waals surface area contributed by atoms with E-state index in [1.165, 1.54) is 0 Å². The molecule has 3 aromatic carbocycles. The lowest BCUT2D eigenvalue weighted by molar-refractivity contribution is -0.161. The Hall–Kier alpha value is -3.53. The lowest BCUT2D eigenvalue weighted by Crippen LogP contribution is -2.40. The fourth-order valence-corrected chi connectivity index (χ4v) is 4.29. The molecule has 0 radical (unpaired) electrons. The minimum atomic E-state index is -0.916. The van der Waals surface area contributed by atoms with Gasteiger partial charge in [0.15, 0.2) is 5.70 Å². The number of nitrogens with one attached hydrogen (secondary N) is 1. The van der Waals surface area contributed by atoms with Gasteiger partial charge < -0.3 is 15.2 Å². The van der Waals surface area contributed by atoms with Gasteiger partial charge in [-0.05, 0) is 41.5 Å². The number of hydrogen-bond donors (Lipinski definition) is 2. The SMILES string of the molecule is CC(C)c1ccccc1NC1=C(O)CC(CCc2ccccc2)(c2ccccc2)OC1=O. The van der Waals surface area contributed by atoms with Gasteiger partial charge in [0.2, 0.25) is 0 Å². The summed E-state index contributed by atoms with van der Waals surface area (Å²) in [6.07, 6.45) is 1.53.